The smallest absolute Gasteiger partial charge is 0.319 e. The highest BCUT2D eigenvalue weighted by Crippen LogP contribution is 2.51. The molecule has 2 aromatic carbocycles. The van der Waals surface area contributed by atoms with Crippen molar-refractivity contribution in [2.75, 3.05) is 49.2 Å². The van der Waals surface area contributed by atoms with E-state index in [-0.39, 0.29) is 78.8 Å². The van der Waals surface area contributed by atoms with Gasteiger partial charge in [-0.25, -0.2) is 13.2 Å². The van der Waals surface area contributed by atoms with Crippen LogP contribution in [0.4, 0.5) is 29.7 Å². The summed E-state index contributed by atoms with van der Waals surface area (Å²) in [4.78, 5) is 13.3. The van der Waals surface area contributed by atoms with Crippen LogP contribution in [-0.4, -0.2) is 65.5 Å². The summed E-state index contributed by atoms with van der Waals surface area (Å²) >= 11 is 7.93. The van der Waals surface area contributed by atoms with Crippen LogP contribution >= 0.6 is 22.9 Å². The molecule has 4 aromatic rings. The van der Waals surface area contributed by atoms with Gasteiger partial charge in [0.05, 0.1) is 32.4 Å². The molecule has 3 aliphatic rings. The lowest BCUT2D eigenvalue weighted by Crippen LogP contribution is -2.43. The molecule has 7 rings (SSSR count). The van der Waals surface area contributed by atoms with Crippen LogP contribution in [-0.2, 0) is 0 Å². The molecular formula is C30H30ClF3N6O2S. The van der Waals surface area contributed by atoms with Gasteiger partial charge in [-0.3, -0.25) is 4.90 Å². The molecule has 0 bridgehead atoms. The molecule has 4 N–H and O–H groups in total. The summed E-state index contributed by atoms with van der Waals surface area (Å²) in [6, 6.07) is 2.29. The van der Waals surface area contributed by atoms with Crippen molar-refractivity contribution < 1.29 is 22.6 Å². The SMILES string of the molecule is C=C[C@H]1COc2c(Cl)c(-c3ccc(F)c4sc(N)c(N)c34)c(F)c3nc(OC[C@@]45CCCN4C[C@H](F)C5)nc(c23)N1CC. The number of nitrogens with zero attached hydrogens (tertiary/aromatic N) is 4. The molecule has 13 heteroatoms. The van der Waals surface area contributed by atoms with Crippen LogP contribution in [0.3, 0.4) is 0 Å². The normalized spacial score (nSPS) is 23.5. The Balaban J connectivity index is 1.45. The zero-order chi connectivity index (χ0) is 30.2. The molecule has 2 saturated heterocycles. The largest absolute Gasteiger partial charge is 0.489 e. The van der Waals surface area contributed by atoms with Gasteiger partial charge in [0, 0.05) is 30.5 Å². The predicted molar refractivity (Wildman–Crippen MR) is 165 cm³/mol. The van der Waals surface area contributed by atoms with Crippen molar-refractivity contribution in [3.05, 3.63) is 41.4 Å². The second-order valence-electron chi connectivity index (χ2n) is 11.3. The second kappa shape index (κ2) is 10.3. The molecule has 0 unspecified atom stereocenters. The van der Waals surface area contributed by atoms with Crippen LogP contribution in [0.25, 0.3) is 32.1 Å². The van der Waals surface area contributed by atoms with E-state index in [1.807, 2.05) is 11.8 Å². The van der Waals surface area contributed by atoms with Crippen molar-refractivity contribution in [2.24, 2.45) is 0 Å². The van der Waals surface area contributed by atoms with Gasteiger partial charge in [0.1, 0.15) is 41.5 Å². The first-order valence-electron chi connectivity index (χ1n) is 14.2. The number of nitrogens with two attached hydrogens (primary N) is 2. The summed E-state index contributed by atoms with van der Waals surface area (Å²) in [6.07, 6.45) is 2.91. The van der Waals surface area contributed by atoms with Gasteiger partial charge in [0.15, 0.2) is 11.6 Å². The predicted octanol–water partition coefficient (Wildman–Crippen LogP) is 6.34. The second-order valence-corrected chi connectivity index (χ2v) is 12.8. The lowest BCUT2D eigenvalue weighted by molar-refractivity contribution is 0.107. The first kappa shape index (κ1) is 28.3. The third kappa shape index (κ3) is 4.21. The number of alkyl halides is 1. The highest BCUT2D eigenvalue weighted by atomic mass is 35.5. The van der Waals surface area contributed by atoms with Gasteiger partial charge in [-0.1, -0.05) is 23.7 Å². The van der Waals surface area contributed by atoms with E-state index in [2.05, 4.69) is 16.5 Å². The Morgan fingerprint density at radius 1 is 1.28 bits per heavy atom. The van der Waals surface area contributed by atoms with Gasteiger partial charge < -0.3 is 25.8 Å². The van der Waals surface area contributed by atoms with E-state index in [9.17, 15) is 8.78 Å². The van der Waals surface area contributed by atoms with Crippen molar-refractivity contribution in [1.82, 2.24) is 14.9 Å². The monoisotopic (exact) mass is 630 g/mol. The first-order chi connectivity index (χ1) is 20.7. The maximum atomic E-state index is 16.9. The van der Waals surface area contributed by atoms with Crippen molar-refractivity contribution in [2.45, 2.75) is 43.9 Å². The number of fused-ring (bicyclic) bond motifs is 2. The van der Waals surface area contributed by atoms with Crippen molar-refractivity contribution >= 4 is 60.4 Å². The molecular weight excluding hydrogens is 601 g/mol. The summed E-state index contributed by atoms with van der Waals surface area (Å²) < 4.78 is 58.7. The summed E-state index contributed by atoms with van der Waals surface area (Å²) in [5.41, 5.74) is 12.1. The van der Waals surface area contributed by atoms with Crippen LogP contribution in [0, 0.1) is 11.6 Å². The van der Waals surface area contributed by atoms with Gasteiger partial charge >= 0.3 is 6.01 Å². The number of likely N-dealkylation sites (N-methyl/N-ethyl adjacent to an activating group) is 1. The standard InChI is InChI=1S/C30H30ClF3N6O2S/c1-3-15-12-41-25-20-24(22(34)18(21(25)31)16-6-7-17(33)26-19(16)23(35)27(36)43-26)37-29(38-28(20)40(15)4-2)42-13-30-8-5-9-39(30)11-14(32)10-30/h3,6-7,14-15H,1,4-5,8-13,35-36H2,2H3/t14-,15+,30+/m1/s1. The van der Waals surface area contributed by atoms with E-state index in [4.69, 9.17) is 37.5 Å². The van der Waals surface area contributed by atoms with Gasteiger partial charge in [-0.15, -0.1) is 17.9 Å². The van der Waals surface area contributed by atoms with Crippen LogP contribution in [0.5, 0.6) is 11.8 Å². The minimum absolute atomic E-state index is 0.0261. The van der Waals surface area contributed by atoms with Crippen molar-refractivity contribution in [3.63, 3.8) is 0 Å². The summed E-state index contributed by atoms with van der Waals surface area (Å²) in [5.74, 6) is -0.731. The number of ether oxygens (including phenoxy) is 2. The number of rotatable bonds is 6. The van der Waals surface area contributed by atoms with Gasteiger partial charge in [0.2, 0.25) is 0 Å². The molecule has 0 spiro atoms. The fourth-order valence-electron chi connectivity index (χ4n) is 6.94. The average molecular weight is 631 g/mol. The Morgan fingerprint density at radius 2 is 2.09 bits per heavy atom. The molecule has 0 saturated carbocycles. The van der Waals surface area contributed by atoms with E-state index >= 15 is 4.39 Å². The number of benzene rings is 2. The zero-order valence-electron chi connectivity index (χ0n) is 23.4. The minimum Gasteiger partial charge on any atom is -0.489 e. The maximum absolute atomic E-state index is 16.9. The number of aromatic nitrogens is 2. The molecule has 43 heavy (non-hydrogen) atoms. The van der Waals surface area contributed by atoms with Crippen molar-refractivity contribution in [3.8, 4) is 22.9 Å². The van der Waals surface area contributed by atoms with Crippen LogP contribution < -0.4 is 25.8 Å². The number of thiophene rings is 1. The quantitative estimate of drug-likeness (QED) is 0.238. The lowest BCUT2D eigenvalue weighted by atomic mass is 9.95. The third-order valence-corrected chi connectivity index (χ3v) is 10.4. The lowest BCUT2D eigenvalue weighted by Gasteiger charge is -2.31. The fourth-order valence-corrected chi connectivity index (χ4v) is 8.20. The van der Waals surface area contributed by atoms with E-state index in [0.717, 1.165) is 30.7 Å². The Bertz CT molecular complexity index is 1800. The highest BCUT2D eigenvalue weighted by molar-refractivity contribution is 7.23. The van der Waals surface area contributed by atoms with Gasteiger partial charge in [-0.2, -0.15) is 9.97 Å². The number of nitrogen functional groups attached to an aromatic ring is 2. The molecule has 2 fully saturated rings. The van der Waals surface area contributed by atoms with Crippen molar-refractivity contribution in [1.29, 1.82) is 0 Å². The maximum Gasteiger partial charge on any atom is 0.319 e. The van der Waals surface area contributed by atoms with Crippen LogP contribution in [0.1, 0.15) is 26.2 Å². The van der Waals surface area contributed by atoms with E-state index < -0.39 is 23.3 Å². The average Bonchev–Trinajstić information content (AvgIpc) is 3.57. The molecule has 3 aliphatic heterocycles. The van der Waals surface area contributed by atoms with Gasteiger partial charge in [-0.05, 0) is 37.9 Å². The molecule has 8 nitrogen and oxygen atoms in total. The molecule has 0 radical (unpaired) electrons. The van der Waals surface area contributed by atoms with E-state index in [1.165, 1.54) is 12.1 Å². The minimum atomic E-state index is -0.928. The fraction of sp³-hybridized carbons (Fsp3) is 0.400. The van der Waals surface area contributed by atoms with E-state index in [1.54, 1.807) is 6.08 Å². The number of hydrogen-bond acceptors (Lipinski definition) is 9. The number of hydrogen-bond donors (Lipinski definition) is 2. The third-order valence-electron chi connectivity index (χ3n) is 8.98. The number of halogens is 4. The molecule has 2 aromatic heterocycles. The summed E-state index contributed by atoms with van der Waals surface area (Å²) in [5, 5.41) is 0.729. The molecule has 3 atom stereocenters. The number of anilines is 3. The van der Waals surface area contributed by atoms with Crippen LogP contribution in [0.15, 0.2) is 24.8 Å². The Hall–Kier alpha value is -3.48. The molecule has 226 valence electrons. The topological polar surface area (TPSA) is 103 Å². The molecule has 5 heterocycles. The summed E-state index contributed by atoms with van der Waals surface area (Å²) in [6.45, 7) is 7.90. The molecule has 0 amide bonds. The van der Waals surface area contributed by atoms with E-state index in [0.29, 0.717) is 25.3 Å². The van der Waals surface area contributed by atoms with Gasteiger partial charge in [0.25, 0.3) is 0 Å². The van der Waals surface area contributed by atoms with Crippen LogP contribution in [0.2, 0.25) is 5.02 Å². The Morgan fingerprint density at radius 3 is 2.86 bits per heavy atom. The zero-order valence-corrected chi connectivity index (χ0v) is 25.0. The molecule has 0 aliphatic carbocycles. The summed E-state index contributed by atoms with van der Waals surface area (Å²) in [7, 11) is 0. The Kier molecular flexibility index (Phi) is 6.79. The first-order valence-corrected chi connectivity index (χ1v) is 15.4. The highest BCUT2D eigenvalue weighted by Gasteiger charge is 2.49. The Labute approximate surface area is 255 Å².